The molecule has 1 atom stereocenters. The van der Waals surface area contributed by atoms with Gasteiger partial charge >= 0.3 is 0 Å². The smallest absolute Gasteiger partial charge is 0.150 e. The number of nitrogens with two attached hydrogens (primary N) is 1. The molecule has 1 heterocycles. The molecule has 5 heteroatoms. The molecule has 0 spiro atoms. The van der Waals surface area contributed by atoms with Crippen LogP contribution < -0.4 is 15.8 Å². The van der Waals surface area contributed by atoms with Crippen LogP contribution in [0.1, 0.15) is 39.2 Å². The van der Waals surface area contributed by atoms with E-state index in [2.05, 4.69) is 31.3 Å². The maximum atomic E-state index is 9.56. The Bertz CT molecular complexity index is 714. The van der Waals surface area contributed by atoms with E-state index in [9.17, 15) is 5.11 Å². The second-order valence-electron chi connectivity index (χ2n) is 6.93. The van der Waals surface area contributed by atoms with Gasteiger partial charge in [-0.15, -0.1) is 0 Å². The fraction of sp³-hybridized carbons (Fsp3) is 0.450. The molecule has 136 valence electrons. The Balaban J connectivity index is 2.47. The van der Waals surface area contributed by atoms with Crippen molar-refractivity contribution >= 4 is 11.5 Å². The molecule has 0 aliphatic rings. The Morgan fingerprint density at radius 2 is 1.88 bits per heavy atom. The van der Waals surface area contributed by atoms with Crippen molar-refractivity contribution in [2.45, 2.75) is 39.7 Å². The summed E-state index contributed by atoms with van der Waals surface area (Å²) in [4.78, 5) is 4.69. The lowest BCUT2D eigenvalue weighted by Gasteiger charge is -2.22. The van der Waals surface area contributed by atoms with Gasteiger partial charge in [-0.3, -0.25) is 0 Å². The molecule has 1 unspecified atom stereocenters. The third kappa shape index (κ3) is 4.42. The second kappa shape index (κ2) is 8.21. The monoisotopic (exact) mass is 343 g/mol. The van der Waals surface area contributed by atoms with Crippen LogP contribution in [0, 0.1) is 5.92 Å². The van der Waals surface area contributed by atoms with Crippen LogP contribution in [0.3, 0.4) is 0 Å². The summed E-state index contributed by atoms with van der Waals surface area (Å²) in [5, 5.41) is 12.8. The first-order valence-corrected chi connectivity index (χ1v) is 8.69. The Morgan fingerprint density at radius 3 is 2.44 bits per heavy atom. The number of nitrogens with zero attached hydrogens (tertiary/aromatic N) is 1. The highest BCUT2D eigenvalue weighted by molar-refractivity contribution is 5.73. The van der Waals surface area contributed by atoms with Crippen LogP contribution in [-0.4, -0.2) is 29.8 Å². The van der Waals surface area contributed by atoms with Gasteiger partial charge in [-0.25, -0.2) is 4.98 Å². The number of benzene rings is 1. The highest BCUT2D eigenvalue weighted by Crippen LogP contribution is 2.33. The summed E-state index contributed by atoms with van der Waals surface area (Å²) in [7, 11) is 1.66. The molecule has 0 bridgehead atoms. The average Bonchev–Trinajstić information content (AvgIpc) is 2.60. The maximum Gasteiger partial charge on any atom is 0.150 e. The predicted octanol–water partition coefficient (Wildman–Crippen LogP) is 3.89. The van der Waals surface area contributed by atoms with Crippen molar-refractivity contribution in [3.8, 4) is 17.0 Å². The molecular weight excluding hydrogens is 314 g/mol. The number of anilines is 2. The van der Waals surface area contributed by atoms with Gasteiger partial charge in [-0.2, -0.15) is 0 Å². The molecule has 2 aromatic rings. The molecule has 4 N–H and O–H groups in total. The summed E-state index contributed by atoms with van der Waals surface area (Å²) >= 11 is 0. The molecular formula is C20H29N3O2. The van der Waals surface area contributed by atoms with Crippen molar-refractivity contribution in [2.75, 3.05) is 24.8 Å². The quantitative estimate of drug-likeness (QED) is 0.710. The number of pyridine rings is 1. The third-order valence-electron chi connectivity index (χ3n) is 4.42. The van der Waals surface area contributed by atoms with Crippen molar-refractivity contribution in [1.82, 2.24) is 4.98 Å². The molecule has 0 radical (unpaired) electrons. The zero-order valence-corrected chi connectivity index (χ0v) is 15.7. The number of hydrogen-bond donors (Lipinski definition) is 3. The minimum absolute atomic E-state index is 0.0230. The van der Waals surface area contributed by atoms with Gasteiger partial charge in [0.2, 0.25) is 0 Å². The summed E-state index contributed by atoms with van der Waals surface area (Å²) in [6.45, 7) is 8.42. The van der Waals surface area contributed by atoms with Crippen LogP contribution in [0.15, 0.2) is 30.3 Å². The molecule has 0 aliphatic carbocycles. The van der Waals surface area contributed by atoms with E-state index in [-0.39, 0.29) is 18.6 Å². The topological polar surface area (TPSA) is 80.4 Å². The SMILES string of the molecule is COc1ccc(C(C)C)cc1-c1ccc(N)c(NC(CO)C(C)C)n1. The number of nitrogens with one attached hydrogen (secondary N) is 1. The minimum atomic E-state index is -0.103. The first-order chi connectivity index (χ1) is 11.9. The first-order valence-electron chi connectivity index (χ1n) is 8.69. The Labute approximate surface area is 150 Å². The standard InChI is InChI=1S/C20H29N3O2/c1-12(2)14-6-9-19(25-5)15(10-14)17-8-7-16(21)20(22-17)23-18(11-24)13(3)4/h6-10,12-13,18,24H,11,21H2,1-5H3,(H,22,23). The summed E-state index contributed by atoms with van der Waals surface area (Å²) in [6.07, 6.45) is 0. The molecule has 0 fully saturated rings. The lowest BCUT2D eigenvalue weighted by Crippen LogP contribution is -2.30. The Kier molecular flexibility index (Phi) is 6.26. The van der Waals surface area contributed by atoms with Crippen LogP contribution in [0.2, 0.25) is 0 Å². The fourth-order valence-electron chi connectivity index (χ4n) is 2.62. The van der Waals surface area contributed by atoms with Crippen molar-refractivity contribution in [1.29, 1.82) is 0 Å². The molecule has 0 saturated carbocycles. The van der Waals surface area contributed by atoms with Gasteiger partial charge in [-0.05, 0) is 41.7 Å². The summed E-state index contributed by atoms with van der Waals surface area (Å²) < 4.78 is 5.51. The number of hydrogen-bond acceptors (Lipinski definition) is 5. The second-order valence-corrected chi connectivity index (χ2v) is 6.93. The van der Waals surface area contributed by atoms with Gasteiger partial charge in [0.25, 0.3) is 0 Å². The number of ether oxygens (including phenoxy) is 1. The predicted molar refractivity (Wildman–Crippen MR) is 104 cm³/mol. The van der Waals surface area contributed by atoms with E-state index >= 15 is 0 Å². The maximum absolute atomic E-state index is 9.56. The van der Waals surface area contributed by atoms with E-state index in [0.717, 1.165) is 17.0 Å². The van der Waals surface area contributed by atoms with Crippen LogP contribution in [0.4, 0.5) is 11.5 Å². The molecule has 5 nitrogen and oxygen atoms in total. The average molecular weight is 343 g/mol. The van der Waals surface area contributed by atoms with E-state index in [4.69, 9.17) is 15.5 Å². The minimum Gasteiger partial charge on any atom is -0.496 e. The number of aliphatic hydroxyl groups is 1. The highest BCUT2D eigenvalue weighted by atomic mass is 16.5. The molecule has 0 amide bonds. The van der Waals surface area contributed by atoms with Crippen LogP contribution in [0.25, 0.3) is 11.3 Å². The lowest BCUT2D eigenvalue weighted by atomic mass is 9.98. The summed E-state index contributed by atoms with van der Waals surface area (Å²) in [6, 6.07) is 9.78. The van der Waals surface area contributed by atoms with Crippen molar-refractivity contribution in [2.24, 2.45) is 5.92 Å². The lowest BCUT2D eigenvalue weighted by molar-refractivity contribution is 0.249. The van der Waals surface area contributed by atoms with E-state index in [1.165, 1.54) is 5.56 Å². The van der Waals surface area contributed by atoms with Crippen LogP contribution in [0.5, 0.6) is 5.75 Å². The normalized spacial score (nSPS) is 12.5. The van der Waals surface area contributed by atoms with E-state index < -0.39 is 0 Å². The van der Waals surface area contributed by atoms with Gasteiger partial charge < -0.3 is 20.9 Å². The number of rotatable bonds is 7. The third-order valence-corrected chi connectivity index (χ3v) is 4.42. The molecule has 25 heavy (non-hydrogen) atoms. The zero-order valence-electron chi connectivity index (χ0n) is 15.7. The first kappa shape index (κ1) is 19.1. The molecule has 0 saturated heterocycles. The van der Waals surface area contributed by atoms with Crippen molar-refractivity contribution in [3.63, 3.8) is 0 Å². The highest BCUT2D eigenvalue weighted by Gasteiger charge is 2.16. The van der Waals surface area contributed by atoms with Crippen LogP contribution >= 0.6 is 0 Å². The molecule has 2 rings (SSSR count). The number of nitrogen functional groups attached to an aromatic ring is 1. The van der Waals surface area contributed by atoms with Crippen molar-refractivity contribution < 1.29 is 9.84 Å². The summed E-state index contributed by atoms with van der Waals surface area (Å²) in [5.74, 6) is 2.03. The summed E-state index contributed by atoms with van der Waals surface area (Å²) in [5.41, 5.74) is 9.58. The molecule has 1 aromatic carbocycles. The van der Waals surface area contributed by atoms with E-state index in [0.29, 0.717) is 17.4 Å². The zero-order chi connectivity index (χ0) is 18.6. The molecule has 1 aromatic heterocycles. The van der Waals surface area contributed by atoms with Gasteiger partial charge in [0.1, 0.15) is 11.6 Å². The number of methoxy groups -OCH3 is 1. The number of aliphatic hydroxyl groups excluding tert-OH is 1. The van der Waals surface area contributed by atoms with Gasteiger partial charge in [0, 0.05) is 5.56 Å². The van der Waals surface area contributed by atoms with E-state index in [1.807, 2.05) is 32.0 Å². The Hall–Kier alpha value is -2.27. The van der Waals surface area contributed by atoms with Crippen molar-refractivity contribution in [3.05, 3.63) is 35.9 Å². The largest absolute Gasteiger partial charge is 0.496 e. The molecule has 0 aliphatic heterocycles. The van der Waals surface area contributed by atoms with Gasteiger partial charge in [0.15, 0.2) is 0 Å². The number of aromatic nitrogens is 1. The van der Waals surface area contributed by atoms with Crippen LogP contribution in [-0.2, 0) is 0 Å². The van der Waals surface area contributed by atoms with E-state index in [1.54, 1.807) is 7.11 Å². The fourth-order valence-corrected chi connectivity index (χ4v) is 2.62. The Morgan fingerprint density at radius 1 is 1.16 bits per heavy atom. The van der Waals surface area contributed by atoms with Gasteiger partial charge in [0.05, 0.1) is 31.1 Å². The van der Waals surface area contributed by atoms with Gasteiger partial charge in [-0.1, -0.05) is 33.8 Å².